The number of benzene rings is 1. The number of hydrogen-bond donors (Lipinski definition) is 2. The lowest BCUT2D eigenvalue weighted by molar-refractivity contribution is 0.102. The highest BCUT2D eigenvalue weighted by atomic mass is 35.5. The second-order valence-electron chi connectivity index (χ2n) is 10.1. The number of amides is 2. The largest absolute Gasteiger partial charge is 0.415 e. The van der Waals surface area contributed by atoms with E-state index in [0.717, 1.165) is 11.3 Å². The maximum Gasteiger partial charge on any atom is 0.266 e. The van der Waals surface area contributed by atoms with Gasteiger partial charge in [0, 0.05) is 11.9 Å². The van der Waals surface area contributed by atoms with Crippen molar-refractivity contribution < 1.29 is 14.0 Å². The number of thiophene rings is 1. The Bertz CT molecular complexity index is 1350. The average Bonchev–Trinajstić information content (AvgIpc) is 3.28. The number of aryl methyl sites for hydroxylation is 1. The maximum atomic E-state index is 13.0. The number of nitrogens with one attached hydrogen (secondary N) is 2. The minimum absolute atomic E-state index is 0.0904. The topological polar surface area (TPSA) is 120 Å². The minimum atomic E-state index is -1.91. The van der Waals surface area contributed by atoms with Crippen molar-refractivity contribution in [3.63, 3.8) is 0 Å². The van der Waals surface area contributed by atoms with Gasteiger partial charge in [-0.05, 0) is 61.5 Å². The first-order valence-electron chi connectivity index (χ1n) is 11.9. The summed E-state index contributed by atoms with van der Waals surface area (Å²) in [6.07, 6.45) is 3.56. The molecule has 0 bridgehead atoms. The van der Waals surface area contributed by atoms with Gasteiger partial charge in [0.2, 0.25) is 0 Å². The molecule has 1 aromatic carbocycles. The SMILES string of the molecule is Cc1ncc(C(=O)Nc2ccc(N(C#N)CCO[Si](C)(C)C(C)(C)C)cc2)c(NC(=O)c2ccc(Cl)s2)n1. The summed E-state index contributed by atoms with van der Waals surface area (Å²) in [5.41, 5.74) is 1.31. The summed E-state index contributed by atoms with van der Waals surface area (Å²) in [6.45, 7) is 13.4. The number of nitrogens with zero attached hydrogens (tertiary/aromatic N) is 4. The van der Waals surface area contributed by atoms with Gasteiger partial charge in [0.25, 0.3) is 11.8 Å². The molecule has 0 spiro atoms. The first kappa shape index (κ1) is 29.3. The van der Waals surface area contributed by atoms with E-state index in [1.54, 1.807) is 48.2 Å². The monoisotopic (exact) mass is 570 g/mol. The van der Waals surface area contributed by atoms with E-state index in [1.165, 1.54) is 6.20 Å². The predicted octanol–water partition coefficient (Wildman–Crippen LogP) is 6.31. The third-order valence-corrected chi connectivity index (χ3v) is 12.1. The van der Waals surface area contributed by atoms with Crippen LogP contribution in [0.25, 0.3) is 0 Å². The van der Waals surface area contributed by atoms with Gasteiger partial charge in [0.15, 0.2) is 14.5 Å². The standard InChI is InChI=1S/C26H31ClN6O3SSi/c1-17-29-15-20(23(30-17)32-25(35)21-11-12-22(27)37-21)24(34)31-18-7-9-19(10-8-18)33(16-28)13-14-36-38(5,6)26(2,3)4/h7-12,15H,13-14H2,1-6H3,(H,31,34)(H,29,30,32,35). The van der Waals surface area contributed by atoms with Crippen LogP contribution in [0.2, 0.25) is 22.5 Å². The highest BCUT2D eigenvalue weighted by molar-refractivity contribution is 7.18. The van der Waals surface area contributed by atoms with E-state index in [0.29, 0.717) is 39.6 Å². The van der Waals surface area contributed by atoms with Gasteiger partial charge in [-0.3, -0.25) is 14.5 Å². The second kappa shape index (κ2) is 12.0. The number of aromatic nitrogens is 2. The van der Waals surface area contributed by atoms with Crippen molar-refractivity contribution in [2.75, 3.05) is 28.7 Å². The number of hydrogen-bond acceptors (Lipinski definition) is 8. The molecular formula is C26H31ClN6O3SSi. The molecule has 0 radical (unpaired) electrons. The molecule has 0 aliphatic rings. The van der Waals surface area contributed by atoms with Crippen LogP contribution in [0.3, 0.4) is 0 Å². The Kier molecular flexibility index (Phi) is 9.27. The average molecular weight is 571 g/mol. The Morgan fingerprint density at radius 1 is 1.13 bits per heavy atom. The predicted molar refractivity (Wildman–Crippen MR) is 155 cm³/mol. The van der Waals surface area contributed by atoms with Crippen LogP contribution in [0.1, 0.15) is 46.6 Å². The van der Waals surface area contributed by atoms with Crippen LogP contribution in [-0.2, 0) is 4.43 Å². The van der Waals surface area contributed by atoms with Crippen LogP contribution in [-0.4, -0.2) is 43.3 Å². The first-order chi connectivity index (χ1) is 17.8. The number of anilines is 3. The van der Waals surface area contributed by atoms with E-state index in [-0.39, 0.29) is 16.4 Å². The molecule has 2 heterocycles. The van der Waals surface area contributed by atoms with E-state index >= 15 is 0 Å². The summed E-state index contributed by atoms with van der Waals surface area (Å²) in [4.78, 5) is 35.9. The van der Waals surface area contributed by atoms with Crippen molar-refractivity contribution in [2.45, 2.75) is 45.8 Å². The van der Waals surface area contributed by atoms with E-state index in [9.17, 15) is 14.9 Å². The van der Waals surface area contributed by atoms with Gasteiger partial charge in [-0.25, -0.2) is 9.97 Å². The number of halogens is 1. The summed E-state index contributed by atoms with van der Waals surface area (Å²) in [5, 5.41) is 15.2. The first-order valence-corrected chi connectivity index (χ1v) is 16.0. The Hall–Kier alpha value is -3.30. The molecule has 0 saturated carbocycles. The molecule has 200 valence electrons. The smallest absolute Gasteiger partial charge is 0.266 e. The molecule has 3 aromatic rings. The highest BCUT2D eigenvalue weighted by Gasteiger charge is 2.37. The van der Waals surface area contributed by atoms with E-state index in [2.05, 4.69) is 60.7 Å². The van der Waals surface area contributed by atoms with Crippen LogP contribution < -0.4 is 15.5 Å². The van der Waals surface area contributed by atoms with Crippen LogP contribution in [0.4, 0.5) is 17.2 Å². The molecule has 0 saturated heterocycles. The molecule has 0 aliphatic carbocycles. The van der Waals surface area contributed by atoms with E-state index < -0.39 is 20.1 Å². The van der Waals surface area contributed by atoms with Gasteiger partial charge >= 0.3 is 0 Å². The zero-order chi connectivity index (χ0) is 28.1. The van der Waals surface area contributed by atoms with Crippen molar-refractivity contribution in [3.8, 4) is 6.19 Å². The second-order valence-corrected chi connectivity index (χ2v) is 16.6. The number of rotatable bonds is 9. The normalized spacial score (nSPS) is 11.5. The fourth-order valence-electron chi connectivity index (χ4n) is 3.11. The third kappa shape index (κ3) is 7.38. The molecule has 2 N–H and O–H groups in total. The van der Waals surface area contributed by atoms with Crippen molar-refractivity contribution in [1.82, 2.24) is 9.97 Å². The number of carbonyl (C=O) groups is 2. The van der Waals surface area contributed by atoms with Gasteiger partial charge in [0.1, 0.15) is 17.2 Å². The molecule has 0 unspecified atom stereocenters. The van der Waals surface area contributed by atoms with Crippen molar-refractivity contribution in [3.05, 3.63) is 63.2 Å². The summed E-state index contributed by atoms with van der Waals surface area (Å²) >= 11 is 7.05. The molecule has 0 fully saturated rings. The fourth-order valence-corrected chi connectivity index (χ4v) is 5.08. The number of carbonyl (C=O) groups excluding carboxylic acids is 2. The highest BCUT2D eigenvalue weighted by Crippen LogP contribution is 2.36. The Morgan fingerprint density at radius 3 is 2.39 bits per heavy atom. The molecule has 0 atom stereocenters. The molecule has 0 aliphatic heterocycles. The molecule has 9 nitrogen and oxygen atoms in total. The fraction of sp³-hybridized carbons (Fsp3) is 0.346. The zero-order valence-electron chi connectivity index (χ0n) is 22.3. The molecule has 12 heteroatoms. The third-order valence-electron chi connectivity index (χ3n) is 6.32. The van der Waals surface area contributed by atoms with Gasteiger partial charge in [0.05, 0.1) is 28.1 Å². The Morgan fingerprint density at radius 2 is 1.82 bits per heavy atom. The van der Waals surface area contributed by atoms with Gasteiger partial charge in [-0.2, -0.15) is 5.26 Å². The van der Waals surface area contributed by atoms with E-state index in [4.69, 9.17) is 16.0 Å². The molecular weight excluding hydrogens is 540 g/mol. The van der Waals surface area contributed by atoms with Crippen molar-refractivity contribution in [1.29, 1.82) is 5.26 Å². The zero-order valence-corrected chi connectivity index (χ0v) is 24.8. The van der Waals surface area contributed by atoms with Crippen LogP contribution in [0.15, 0.2) is 42.6 Å². The van der Waals surface area contributed by atoms with Crippen LogP contribution in [0, 0.1) is 18.4 Å². The minimum Gasteiger partial charge on any atom is -0.415 e. The number of nitriles is 1. The van der Waals surface area contributed by atoms with E-state index in [1.807, 2.05) is 0 Å². The summed E-state index contributed by atoms with van der Waals surface area (Å²) in [7, 11) is -1.91. The van der Waals surface area contributed by atoms with Gasteiger partial charge in [-0.15, -0.1) is 11.3 Å². The van der Waals surface area contributed by atoms with Crippen molar-refractivity contribution in [2.24, 2.45) is 0 Å². The summed E-state index contributed by atoms with van der Waals surface area (Å²) in [6, 6.07) is 10.1. The lowest BCUT2D eigenvalue weighted by Crippen LogP contribution is -2.42. The summed E-state index contributed by atoms with van der Waals surface area (Å²) < 4.78 is 6.67. The lowest BCUT2D eigenvalue weighted by atomic mass is 10.2. The molecule has 2 amide bonds. The molecule has 38 heavy (non-hydrogen) atoms. The Balaban J connectivity index is 1.67. The Labute approximate surface area is 233 Å². The van der Waals surface area contributed by atoms with Crippen LogP contribution in [0.5, 0.6) is 0 Å². The summed E-state index contributed by atoms with van der Waals surface area (Å²) in [5.74, 6) is -0.414. The molecule has 2 aromatic heterocycles. The lowest BCUT2D eigenvalue weighted by Gasteiger charge is -2.36. The maximum absolute atomic E-state index is 13.0. The van der Waals surface area contributed by atoms with Gasteiger partial charge < -0.3 is 15.1 Å². The quantitative estimate of drug-likeness (QED) is 0.175. The van der Waals surface area contributed by atoms with Gasteiger partial charge in [-0.1, -0.05) is 32.4 Å². The molecule has 3 rings (SSSR count). The van der Waals surface area contributed by atoms with Crippen LogP contribution >= 0.6 is 22.9 Å². The van der Waals surface area contributed by atoms with Crippen molar-refractivity contribution >= 4 is 60.3 Å².